The van der Waals surface area contributed by atoms with Crippen molar-refractivity contribution in [3.05, 3.63) is 88.5 Å². The number of thiophene rings is 1. The number of pyridine rings is 1. The van der Waals surface area contributed by atoms with Crippen molar-refractivity contribution in [2.24, 2.45) is 0 Å². The Morgan fingerprint density at radius 3 is 2.82 bits per heavy atom. The zero-order valence-corrected chi connectivity index (χ0v) is 18.8. The average Bonchev–Trinajstić information content (AvgIpc) is 3.48. The maximum atomic E-state index is 13.4. The van der Waals surface area contributed by atoms with Crippen LogP contribution in [0.2, 0.25) is 0 Å². The number of hydrogen-bond acceptors (Lipinski definition) is 7. The maximum absolute atomic E-state index is 13.4. The average molecular weight is 481 g/mol. The minimum atomic E-state index is -0.349. The predicted octanol–water partition coefficient (Wildman–Crippen LogP) is 4.20. The van der Waals surface area contributed by atoms with Crippen molar-refractivity contribution in [1.82, 2.24) is 19.9 Å². The van der Waals surface area contributed by atoms with E-state index in [4.69, 9.17) is 9.40 Å². The van der Waals surface area contributed by atoms with Gasteiger partial charge in [0.25, 0.3) is 5.56 Å². The SMILES string of the molecule is O=C(CSc1nc2c(sc3ncccc32)c(=O)n1Cc1ccc(F)cc1)NCc1ccco1. The van der Waals surface area contributed by atoms with E-state index in [1.807, 2.05) is 6.07 Å². The Labute approximate surface area is 195 Å². The lowest BCUT2D eigenvalue weighted by Gasteiger charge is -2.12. The highest BCUT2D eigenvalue weighted by molar-refractivity contribution is 7.99. The summed E-state index contributed by atoms with van der Waals surface area (Å²) >= 11 is 2.46. The summed E-state index contributed by atoms with van der Waals surface area (Å²) in [6, 6.07) is 13.2. The standard InChI is InChI=1S/C23H17FN4O3S2/c24-15-7-5-14(6-8-15)12-28-22(30)20-19(17-4-1-9-25-21(17)33-20)27-23(28)32-13-18(29)26-11-16-3-2-10-31-16/h1-10H,11-13H2,(H,26,29). The molecule has 4 heterocycles. The first-order valence-electron chi connectivity index (χ1n) is 10.0. The molecule has 1 amide bonds. The van der Waals surface area contributed by atoms with Crippen LogP contribution in [0.25, 0.3) is 20.4 Å². The summed E-state index contributed by atoms with van der Waals surface area (Å²) in [6.45, 7) is 0.488. The van der Waals surface area contributed by atoms with Crippen LogP contribution < -0.4 is 10.9 Å². The van der Waals surface area contributed by atoms with Gasteiger partial charge in [-0.05, 0) is 42.0 Å². The fourth-order valence-corrected chi connectivity index (χ4v) is 5.20. The lowest BCUT2D eigenvalue weighted by Crippen LogP contribution is -2.26. The molecule has 0 unspecified atom stereocenters. The molecular weight excluding hydrogens is 463 g/mol. The van der Waals surface area contributed by atoms with Gasteiger partial charge in [0, 0.05) is 11.6 Å². The van der Waals surface area contributed by atoms with Crippen LogP contribution in [0, 0.1) is 5.82 Å². The van der Waals surface area contributed by atoms with Crippen LogP contribution in [0.1, 0.15) is 11.3 Å². The summed E-state index contributed by atoms with van der Waals surface area (Å²) in [7, 11) is 0. The van der Waals surface area contributed by atoms with Gasteiger partial charge in [0.15, 0.2) is 5.16 Å². The topological polar surface area (TPSA) is 90.0 Å². The van der Waals surface area contributed by atoms with E-state index < -0.39 is 0 Å². The monoisotopic (exact) mass is 480 g/mol. The third-order valence-electron chi connectivity index (χ3n) is 4.94. The first-order valence-corrected chi connectivity index (χ1v) is 11.8. The smallest absolute Gasteiger partial charge is 0.272 e. The first kappa shape index (κ1) is 21.4. The van der Waals surface area contributed by atoms with Gasteiger partial charge in [0.05, 0.1) is 30.6 Å². The number of fused-ring (bicyclic) bond motifs is 3. The Morgan fingerprint density at radius 2 is 2.03 bits per heavy atom. The molecule has 4 aromatic heterocycles. The summed E-state index contributed by atoms with van der Waals surface area (Å²) in [6.07, 6.45) is 3.22. The molecule has 0 aliphatic rings. The fraction of sp³-hybridized carbons (Fsp3) is 0.130. The highest BCUT2D eigenvalue weighted by Crippen LogP contribution is 2.30. The highest BCUT2D eigenvalue weighted by atomic mass is 32.2. The minimum absolute atomic E-state index is 0.0718. The summed E-state index contributed by atoms with van der Waals surface area (Å²) in [5, 5.41) is 4.00. The van der Waals surface area contributed by atoms with E-state index in [-0.39, 0.29) is 36.1 Å². The molecule has 0 bridgehead atoms. The predicted molar refractivity (Wildman–Crippen MR) is 126 cm³/mol. The molecule has 0 aliphatic heterocycles. The van der Waals surface area contributed by atoms with E-state index in [0.717, 1.165) is 15.8 Å². The molecule has 5 aromatic rings. The van der Waals surface area contributed by atoms with Crippen LogP contribution in [0.15, 0.2) is 75.4 Å². The van der Waals surface area contributed by atoms with Crippen LogP contribution >= 0.6 is 23.1 Å². The second kappa shape index (κ2) is 9.16. The molecule has 0 spiro atoms. The lowest BCUT2D eigenvalue weighted by molar-refractivity contribution is -0.118. The number of halogens is 1. The van der Waals surface area contributed by atoms with Gasteiger partial charge in [0.1, 0.15) is 21.1 Å². The summed E-state index contributed by atoms with van der Waals surface area (Å²) in [5.74, 6) is 0.162. The molecule has 1 N–H and O–H groups in total. The van der Waals surface area contributed by atoms with E-state index in [1.54, 1.807) is 42.8 Å². The van der Waals surface area contributed by atoms with E-state index in [2.05, 4.69) is 10.3 Å². The molecule has 0 saturated carbocycles. The van der Waals surface area contributed by atoms with Gasteiger partial charge in [-0.1, -0.05) is 23.9 Å². The number of nitrogens with zero attached hydrogens (tertiary/aromatic N) is 3. The van der Waals surface area contributed by atoms with Crippen LogP contribution in [-0.2, 0) is 17.9 Å². The molecule has 0 atom stereocenters. The Bertz CT molecular complexity index is 1490. The quantitative estimate of drug-likeness (QED) is 0.277. The molecule has 0 saturated heterocycles. The van der Waals surface area contributed by atoms with Gasteiger partial charge < -0.3 is 9.73 Å². The summed E-state index contributed by atoms with van der Waals surface area (Å²) in [4.78, 5) is 35.6. The molecule has 7 nitrogen and oxygen atoms in total. The Morgan fingerprint density at radius 1 is 1.18 bits per heavy atom. The molecular formula is C23H17FN4O3S2. The number of hydrogen-bond donors (Lipinski definition) is 1. The Kier molecular flexibility index (Phi) is 5.93. The van der Waals surface area contributed by atoms with E-state index in [1.165, 1.54) is 39.8 Å². The van der Waals surface area contributed by atoms with Crippen LogP contribution in [0.5, 0.6) is 0 Å². The number of carbonyl (C=O) groups excluding carboxylic acids is 1. The van der Waals surface area contributed by atoms with Crippen molar-refractivity contribution in [3.63, 3.8) is 0 Å². The number of benzene rings is 1. The Hall–Kier alpha value is -3.50. The van der Waals surface area contributed by atoms with E-state index >= 15 is 0 Å². The molecule has 1 aromatic carbocycles. The van der Waals surface area contributed by atoms with Crippen molar-refractivity contribution in [3.8, 4) is 0 Å². The minimum Gasteiger partial charge on any atom is -0.467 e. The molecule has 5 rings (SSSR count). The van der Waals surface area contributed by atoms with Gasteiger partial charge in [-0.3, -0.25) is 14.2 Å². The van der Waals surface area contributed by atoms with Crippen LogP contribution in [-0.4, -0.2) is 26.2 Å². The molecule has 166 valence electrons. The molecule has 10 heteroatoms. The van der Waals surface area contributed by atoms with E-state index in [0.29, 0.717) is 21.1 Å². The second-order valence-electron chi connectivity index (χ2n) is 7.19. The Balaban J connectivity index is 1.48. The number of nitrogens with one attached hydrogen (secondary N) is 1. The van der Waals surface area contributed by atoms with Crippen molar-refractivity contribution in [2.45, 2.75) is 18.2 Å². The van der Waals surface area contributed by atoms with Crippen molar-refractivity contribution in [1.29, 1.82) is 0 Å². The van der Waals surface area contributed by atoms with Crippen LogP contribution in [0.3, 0.4) is 0 Å². The number of thioether (sulfide) groups is 1. The zero-order valence-electron chi connectivity index (χ0n) is 17.2. The third kappa shape index (κ3) is 4.53. The summed E-state index contributed by atoms with van der Waals surface area (Å²) in [5.41, 5.74) is 1.11. The first-order chi connectivity index (χ1) is 16.1. The normalized spacial score (nSPS) is 11.3. The van der Waals surface area contributed by atoms with Crippen LogP contribution in [0.4, 0.5) is 4.39 Å². The van der Waals surface area contributed by atoms with Gasteiger partial charge in [-0.2, -0.15) is 0 Å². The fourth-order valence-electron chi connectivity index (χ4n) is 3.34. The number of rotatable bonds is 7. The maximum Gasteiger partial charge on any atom is 0.272 e. The largest absolute Gasteiger partial charge is 0.467 e. The molecule has 0 fully saturated rings. The molecule has 0 radical (unpaired) electrons. The number of amides is 1. The lowest BCUT2D eigenvalue weighted by atomic mass is 10.2. The summed E-state index contributed by atoms with van der Waals surface area (Å²) < 4.78 is 20.6. The zero-order chi connectivity index (χ0) is 22.8. The van der Waals surface area contributed by atoms with Gasteiger partial charge in [-0.15, -0.1) is 11.3 Å². The van der Waals surface area contributed by atoms with Crippen molar-refractivity contribution < 1.29 is 13.6 Å². The number of aromatic nitrogens is 3. The third-order valence-corrected chi connectivity index (χ3v) is 7.01. The van der Waals surface area contributed by atoms with Gasteiger partial charge >= 0.3 is 0 Å². The van der Waals surface area contributed by atoms with Crippen molar-refractivity contribution >= 4 is 49.4 Å². The van der Waals surface area contributed by atoms with Gasteiger partial charge in [-0.25, -0.2) is 14.4 Å². The molecule has 33 heavy (non-hydrogen) atoms. The van der Waals surface area contributed by atoms with Gasteiger partial charge in [0.2, 0.25) is 5.91 Å². The van der Waals surface area contributed by atoms with E-state index in [9.17, 15) is 14.0 Å². The number of furan rings is 1. The second-order valence-corrected chi connectivity index (χ2v) is 9.13. The molecule has 0 aliphatic carbocycles. The highest BCUT2D eigenvalue weighted by Gasteiger charge is 2.18. The number of carbonyl (C=O) groups is 1. The van der Waals surface area contributed by atoms with Crippen molar-refractivity contribution in [2.75, 3.05) is 5.75 Å².